The van der Waals surface area contributed by atoms with Crippen molar-refractivity contribution < 1.29 is 23.1 Å². The van der Waals surface area contributed by atoms with Gasteiger partial charge in [0, 0.05) is 20.2 Å². The molecule has 1 aliphatic rings. The number of aromatic carboxylic acids is 1. The Morgan fingerprint density at radius 1 is 1.55 bits per heavy atom. The van der Waals surface area contributed by atoms with Gasteiger partial charge in [0.1, 0.15) is 9.09 Å². The molecule has 0 aliphatic carbocycles. The summed E-state index contributed by atoms with van der Waals surface area (Å²) in [4.78, 5) is 10.8. The number of nitrogens with zero attached hydrogens (tertiary/aromatic N) is 1. The second-order valence-electron chi connectivity index (χ2n) is 4.79. The summed E-state index contributed by atoms with van der Waals surface area (Å²) in [6, 6.07) is 2.66. The molecule has 0 saturated carbocycles. The Hall–Kier alpha value is -0.960. The lowest BCUT2D eigenvalue weighted by molar-refractivity contribution is 0.0495. The molecular formula is C12H17NO5S2. The van der Waals surface area contributed by atoms with E-state index in [2.05, 4.69) is 0 Å². The summed E-state index contributed by atoms with van der Waals surface area (Å²) in [6.45, 7) is 1.70. The van der Waals surface area contributed by atoms with Crippen LogP contribution in [0.3, 0.4) is 0 Å². The molecule has 6 nitrogen and oxygen atoms in total. The van der Waals surface area contributed by atoms with E-state index in [4.69, 9.17) is 9.84 Å². The van der Waals surface area contributed by atoms with Gasteiger partial charge in [0.05, 0.1) is 6.61 Å². The van der Waals surface area contributed by atoms with Gasteiger partial charge in [0.2, 0.25) is 0 Å². The van der Waals surface area contributed by atoms with Crippen LogP contribution >= 0.6 is 11.3 Å². The predicted octanol–water partition coefficient (Wildman–Crippen LogP) is 1.49. The summed E-state index contributed by atoms with van der Waals surface area (Å²) in [5.74, 6) is -0.915. The molecule has 20 heavy (non-hydrogen) atoms. The highest BCUT2D eigenvalue weighted by atomic mass is 32.2. The normalized spacial score (nSPS) is 20.2. The van der Waals surface area contributed by atoms with Gasteiger partial charge in [-0.1, -0.05) is 0 Å². The number of carboxylic acid groups (broad SMARTS) is 1. The maximum absolute atomic E-state index is 12.3. The predicted molar refractivity (Wildman–Crippen MR) is 74.6 cm³/mol. The fourth-order valence-electron chi connectivity index (χ4n) is 2.14. The van der Waals surface area contributed by atoms with Crippen LogP contribution in [0.15, 0.2) is 16.3 Å². The lowest BCUT2D eigenvalue weighted by Crippen LogP contribution is -2.34. The average Bonchev–Trinajstić information content (AvgIpc) is 2.90. The molecule has 0 spiro atoms. The molecule has 1 aliphatic heterocycles. The molecule has 1 aromatic heterocycles. The Balaban J connectivity index is 2.09. The maximum atomic E-state index is 12.3. The van der Waals surface area contributed by atoms with Crippen molar-refractivity contribution in [3.63, 3.8) is 0 Å². The van der Waals surface area contributed by atoms with E-state index >= 15 is 0 Å². The third-order valence-electron chi connectivity index (χ3n) is 3.23. The highest BCUT2D eigenvalue weighted by molar-refractivity contribution is 7.91. The van der Waals surface area contributed by atoms with E-state index < -0.39 is 16.0 Å². The highest BCUT2D eigenvalue weighted by Crippen LogP contribution is 2.25. The zero-order valence-corrected chi connectivity index (χ0v) is 12.7. The Bertz CT molecular complexity index is 574. The van der Waals surface area contributed by atoms with Gasteiger partial charge in [-0.15, -0.1) is 11.3 Å². The summed E-state index contributed by atoms with van der Waals surface area (Å²) >= 11 is 0.778. The Kier molecular flexibility index (Phi) is 4.79. The molecule has 0 radical (unpaired) electrons. The second-order valence-corrected chi connectivity index (χ2v) is 8.15. The zero-order valence-electron chi connectivity index (χ0n) is 11.1. The molecule has 8 heteroatoms. The minimum absolute atomic E-state index is 0.0259. The van der Waals surface area contributed by atoms with Gasteiger partial charge in [-0.2, -0.15) is 4.31 Å². The first-order chi connectivity index (χ1) is 9.41. The number of carbonyl (C=O) groups is 1. The van der Waals surface area contributed by atoms with E-state index in [1.807, 2.05) is 0 Å². The first-order valence-electron chi connectivity index (χ1n) is 6.28. The van der Waals surface area contributed by atoms with Crippen LogP contribution in [0.1, 0.15) is 22.5 Å². The maximum Gasteiger partial charge on any atom is 0.345 e. The minimum atomic E-state index is -3.62. The molecule has 1 atom stereocenters. The molecule has 2 heterocycles. The van der Waals surface area contributed by atoms with Crippen LogP contribution in [0.2, 0.25) is 0 Å². The lowest BCUT2D eigenvalue weighted by Gasteiger charge is -2.26. The zero-order chi connectivity index (χ0) is 14.8. The number of sulfonamides is 1. The smallest absolute Gasteiger partial charge is 0.345 e. The SMILES string of the molecule is CN(CC1CCCOC1)S(=O)(=O)c1ccc(C(=O)O)s1. The van der Waals surface area contributed by atoms with Crippen LogP contribution < -0.4 is 0 Å². The largest absolute Gasteiger partial charge is 0.477 e. The highest BCUT2D eigenvalue weighted by Gasteiger charge is 2.27. The number of thiophene rings is 1. The number of hydrogen-bond acceptors (Lipinski definition) is 5. The van der Waals surface area contributed by atoms with E-state index in [1.54, 1.807) is 0 Å². The molecule has 0 aromatic carbocycles. The molecular weight excluding hydrogens is 302 g/mol. The van der Waals surface area contributed by atoms with E-state index in [1.165, 1.54) is 23.5 Å². The minimum Gasteiger partial charge on any atom is -0.477 e. The Labute approximate surface area is 122 Å². The van der Waals surface area contributed by atoms with Crippen LogP contribution in [0, 0.1) is 5.92 Å². The second kappa shape index (κ2) is 6.21. The molecule has 0 amide bonds. The summed E-state index contributed by atoms with van der Waals surface area (Å²) in [7, 11) is -2.10. The summed E-state index contributed by atoms with van der Waals surface area (Å²) in [5.41, 5.74) is 0. The topological polar surface area (TPSA) is 83.9 Å². The van der Waals surface area contributed by atoms with Crippen molar-refractivity contribution in [3.05, 3.63) is 17.0 Å². The quantitative estimate of drug-likeness (QED) is 0.889. The first-order valence-corrected chi connectivity index (χ1v) is 8.54. The van der Waals surface area contributed by atoms with E-state index in [0.29, 0.717) is 13.2 Å². The van der Waals surface area contributed by atoms with E-state index in [0.717, 1.165) is 30.8 Å². The van der Waals surface area contributed by atoms with Crippen LogP contribution in [-0.4, -0.2) is 50.6 Å². The molecule has 112 valence electrons. The van der Waals surface area contributed by atoms with Gasteiger partial charge >= 0.3 is 5.97 Å². The van der Waals surface area contributed by atoms with Crippen molar-refractivity contribution in [2.24, 2.45) is 5.92 Å². The number of carboxylic acids is 1. The summed E-state index contributed by atoms with van der Waals surface area (Å²) < 4.78 is 31.4. The van der Waals surface area contributed by atoms with Gasteiger partial charge in [0.15, 0.2) is 0 Å². The monoisotopic (exact) mass is 319 g/mol. The summed E-state index contributed by atoms with van der Waals surface area (Å²) in [5, 5.41) is 8.85. The first kappa shape index (κ1) is 15.4. The van der Waals surface area contributed by atoms with Gasteiger partial charge in [-0.25, -0.2) is 13.2 Å². The molecule has 1 N–H and O–H groups in total. The van der Waals surface area contributed by atoms with E-state index in [9.17, 15) is 13.2 Å². The number of ether oxygens (including phenoxy) is 1. The van der Waals surface area contributed by atoms with Crippen molar-refractivity contribution >= 4 is 27.3 Å². The molecule has 1 fully saturated rings. The van der Waals surface area contributed by atoms with Gasteiger partial charge in [-0.05, 0) is 30.9 Å². The molecule has 1 unspecified atom stereocenters. The third kappa shape index (κ3) is 3.38. The average molecular weight is 319 g/mol. The lowest BCUT2D eigenvalue weighted by atomic mass is 10.0. The standard InChI is InChI=1S/C12H17NO5S2/c1-13(7-9-3-2-6-18-8-9)20(16,17)11-5-4-10(19-11)12(14)15/h4-5,9H,2-3,6-8H2,1H3,(H,14,15). The van der Waals surface area contributed by atoms with Gasteiger partial charge in [0.25, 0.3) is 10.0 Å². The molecule has 1 aromatic rings. The van der Waals surface area contributed by atoms with Gasteiger partial charge < -0.3 is 9.84 Å². The Morgan fingerprint density at radius 3 is 2.85 bits per heavy atom. The van der Waals surface area contributed by atoms with Crippen LogP contribution in [0.4, 0.5) is 0 Å². The Morgan fingerprint density at radius 2 is 2.30 bits per heavy atom. The van der Waals surface area contributed by atoms with E-state index in [-0.39, 0.29) is 15.0 Å². The summed E-state index contributed by atoms with van der Waals surface area (Å²) in [6.07, 6.45) is 1.89. The van der Waals surface area contributed by atoms with Gasteiger partial charge in [-0.3, -0.25) is 0 Å². The fraction of sp³-hybridized carbons (Fsp3) is 0.583. The molecule has 0 bridgehead atoms. The van der Waals surface area contributed by atoms with Crippen LogP contribution in [0.25, 0.3) is 0 Å². The number of rotatable bonds is 5. The van der Waals surface area contributed by atoms with Crippen molar-refractivity contribution in [3.8, 4) is 0 Å². The van der Waals surface area contributed by atoms with Crippen molar-refractivity contribution in [2.45, 2.75) is 17.1 Å². The van der Waals surface area contributed by atoms with Crippen LogP contribution in [0.5, 0.6) is 0 Å². The van der Waals surface area contributed by atoms with Crippen molar-refractivity contribution in [1.29, 1.82) is 0 Å². The van der Waals surface area contributed by atoms with Crippen molar-refractivity contribution in [1.82, 2.24) is 4.31 Å². The van der Waals surface area contributed by atoms with Crippen LogP contribution in [-0.2, 0) is 14.8 Å². The molecule has 2 rings (SSSR count). The van der Waals surface area contributed by atoms with Crippen molar-refractivity contribution in [2.75, 3.05) is 26.8 Å². The fourth-order valence-corrected chi connectivity index (χ4v) is 4.74. The molecule has 1 saturated heterocycles. The third-order valence-corrected chi connectivity index (χ3v) is 6.59. The number of hydrogen-bond donors (Lipinski definition) is 1.